The summed E-state index contributed by atoms with van der Waals surface area (Å²) in [5.41, 5.74) is 8.62. The minimum absolute atomic E-state index is 0.0507. The van der Waals surface area contributed by atoms with Gasteiger partial charge in [0.15, 0.2) is 0 Å². The standard InChI is InChI=1S/C31H39N5O.C2H6/c1-21(17-29-23(3)33-15-13-28(29)30-12-11-27(32-4)19-34-30)20-36-16-14-26(18-22(36)2)24-7-9-25(10-8-24)31(37)35(5)6;1-2/h7-13,15,17,19,22,26,32H,14,16,18,20H2,1-6H3;1-2H3/b21-17+;. The van der Waals surface area contributed by atoms with E-state index in [-0.39, 0.29) is 5.91 Å². The second kappa shape index (κ2) is 14.0. The van der Waals surface area contributed by atoms with Gasteiger partial charge in [0.05, 0.1) is 17.6 Å². The minimum Gasteiger partial charge on any atom is -0.387 e. The molecule has 208 valence electrons. The predicted molar refractivity (Wildman–Crippen MR) is 164 cm³/mol. The van der Waals surface area contributed by atoms with E-state index in [1.165, 1.54) is 11.1 Å². The summed E-state index contributed by atoms with van der Waals surface area (Å²) in [6.07, 6.45) is 8.25. The fourth-order valence-corrected chi connectivity index (χ4v) is 5.21. The molecule has 2 atom stereocenters. The topological polar surface area (TPSA) is 61.4 Å². The number of carbonyl (C=O) groups excluding carboxylic acids is 1. The number of anilines is 1. The van der Waals surface area contributed by atoms with Crippen LogP contribution < -0.4 is 5.32 Å². The van der Waals surface area contributed by atoms with Crippen LogP contribution in [-0.4, -0.2) is 65.9 Å². The number of likely N-dealkylation sites (tertiary alicyclic amines) is 1. The molecular formula is C33H45N5O. The van der Waals surface area contributed by atoms with Crippen molar-refractivity contribution in [3.05, 3.63) is 82.8 Å². The van der Waals surface area contributed by atoms with Crippen LogP contribution in [0.4, 0.5) is 5.69 Å². The van der Waals surface area contributed by atoms with Gasteiger partial charge in [0.25, 0.3) is 5.91 Å². The van der Waals surface area contributed by atoms with Crippen molar-refractivity contribution < 1.29 is 4.79 Å². The zero-order valence-corrected chi connectivity index (χ0v) is 25.0. The minimum atomic E-state index is 0.0507. The Bertz CT molecular complexity index is 1250. The lowest BCUT2D eigenvalue weighted by Crippen LogP contribution is -2.40. The molecule has 0 saturated carbocycles. The second-order valence-corrected chi connectivity index (χ2v) is 10.4. The van der Waals surface area contributed by atoms with Crippen LogP contribution in [0.2, 0.25) is 0 Å². The number of pyridine rings is 2. The average molecular weight is 528 g/mol. The first kappa shape index (κ1) is 30.0. The molecule has 0 bridgehead atoms. The average Bonchev–Trinajstić information content (AvgIpc) is 2.96. The van der Waals surface area contributed by atoms with Gasteiger partial charge in [-0.3, -0.25) is 19.7 Å². The number of nitrogens with zero attached hydrogens (tertiary/aromatic N) is 4. The lowest BCUT2D eigenvalue weighted by Gasteiger charge is -2.38. The highest BCUT2D eigenvalue weighted by atomic mass is 16.2. The van der Waals surface area contributed by atoms with E-state index in [9.17, 15) is 4.79 Å². The van der Waals surface area contributed by atoms with Crippen molar-refractivity contribution in [2.24, 2.45) is 0 Å². The van der Waals surface area contributed by atoms with E-state index in [2.05, 4.69) is 77.4 Å². The van der Waals surface area contributed by atoms with Gasteiger partial charge in [-0.15, -0.1) is 0 Å². The van der Waals surface area contributed by atoms with Gasteiger partial charge in [-0.2, -0.15) is 0 Å². The summed E-state index contributed by atoms with van der Waals surface area (Å²) >= 11 is 0. The number of aromatic nitrogens is 2. The van der Waals surface area contributed by atoms with Crippen LogP contribution in [0.15, 0.2) is 60.4 Å². The molecule has 1 fully saturated rings. The Morgan fingerprint density at radius 1 is 1.10 bits per heavy atom. The van der Waals surface area contributed by atoms with Crippen LogP contribution in [0.3, 0.4) is 0 Å². The number of rotatable bonds is 7. The highest BCUT2D eigenvalue weighted by Gasteiger charge is 2.26. The van der Waals surface area contributed by atoms with Gasteiger partial charge in [-0.1, -0.05) is 37.6 Å². The van der Waals surface area contributed by atoms with Gasteiger partial charge in [0, 0.05) is 62.3 Å². The molecule has 0 spiro atoms. The number of nitrogens with one attached hydrogen (secondary N) is 1. The molecule has 1 saturated heterocycles. The molecule has 39 heavy (non-hydrogen) atoms. The van der Waals surface area contributed by atoms with Crippen molar-refractivity contribution in [3.8, 4) is 11.3 Å². The molecule has 1 N–H and O–H groups in total. The highest BCUT2D eigenvalue weighted by Crippen LogP contribution is 2.33. The van der Waals surface area contributed by atoms with Crippen molar-refractivity contribution in [1.82, 2.24) is 19.8 Å². The van der Waals surface area contributed by atoms with Crippen molar-refractivity contribution in [3.63, 3.8) is 0 Å². The quantitative estimate of drug-likeness (QED) is 0.362. The van der Waals surface area contributed by atoms with Crippen LogP contribution in [-0.2, 0) is 0 Å². The third-order valence-electron chi connectivity index (χ3n) is 7.41. The van der Waals surface area contributed by atoms with Crippen molar-refractivity contribution >= 4 is 17.7 Å². The first-order valence-corrected chi connectivity index (χ1v) is 14.1. The Balaban J connectivity index is 0.00000205. The number of hydrogen-bond donors (Lipinski definition) is 1. The van der Waals surface area contributed by atoms with Crippen LogP contribution in [0.25, 0.3) is 17.3 Å². The lowest BCUT2D eigenvalue weighted by atomic mass is 9.85. The summed E-state index contributed by atoms with van der Waals surface area (Å²) in [5.74, 6) is 0.577. The SMILES string of the molecule is CC.CNc1ccc(-c2ccnc(C)c2/C=C(\C)CN2CCC(c3ccc(C(=O)N(C)C)cc3)CC2C)nc1. The summed E-state index contributed by atoms with van der Waals surface area (Å²) in [6, 6.07) is 14.9. The summed E-state index contributed by atoms with van der Waals surface area (Å²) in [4.78, 5) is 25.6. The molecule has 1 aliphatic rings. The van der Waals surface area contributed by atoms with Crippen molar-refractivity contribution in [2.45, 2.75) is 59.4 Å². The Morgan fingerprint density at radius 3 is 2.41 bits per heavy atom. The second-order valence-electron chi connectivity index (χ2n) is 10.4. The highest BCUT2D eigenvalue weighted by molar-refractivity contribution is 5.93. The van der Waals surface area contributed by atoms with E-state index in [1.54, 1.807) is 19.0 Å². The molecule has 6 nitrogen and oxygen atoms in total. The largest absolute Gasteiger partial charge is 0.387 e. The summed E-state index contributed by atoms with van der Waals surface area (Å²) in [6.45, 7) is 12.6. The molecule has 4 rings (SSSR count). The third-order valence-corrected chi connectivity index (χ3v) is 7.41. The number of benzene rings is 1. The first-order valence-electron chi connectivity index (χ1n) is 14.1. The molecule has 1 aliphatic heterocycles. The van der Waals surface area contributed by atoms with Gasteiger partial charge >= 0.3 is 0 Å². The van der Waals surface area contributed by atoms with E-state index < -0.39 is 0 Å². The fraction of sp³-hybridized carbons (Fsp3) is 0.424. The summed E-state index contributed by atoms with van der Waals surface area (Å²) in [5, 5.41) is 3.13. The van der Waals surface area contributed by atoms with Gasteiger partial charge in [0.2, 0.25) is 0 Å². The molecule has 2 unspecified atom stereocenters. The molecule has 3 aromatic rings. The number of aryl methyl sites for hydroxylation is 1. The normalized spacial score (nSPS) is 17.7. The van der Waals surface area contributed by atoms with Crippen LogP contribution in [0.1, 0.15) is 73.6 Å². The lowest BCUT2D eigenvalue weighted by molar-refractivity contribution is 0.0827. The van der Waals surface area contributed by atoms with Crippen LogP contribution >= 0.6 is 0 Å². The number of amides is 1. The summed E-state index contributed by atoms with van der Waals surface area (Å²) < 4.78 is 0. The Morgan fingerprint density at radius 2 is 1.82 bits per heavy atom. The maximum atomic E-state index is 12.2. The molecular weight excluding hydrogens is 482 g/mol. The predicted octanol–water partition coefficient (Wildman–Crippen LogP) is 6.89. The number of carbonyl (C=O) groups is 1. The van der Waals surface area contributed by atoms with Crippen LogP contribution in [0.5, 0.6) is 0 Å². The van der Waals surface area contributed by atoms with E-state index >= 15 is 0 Å². The van der Waals surface area contributed by atoms with E-state index in [0.717, 1.165) is 59.7 Å². The fourth-order valence-electron chi connectivity index (χ4n) is 5.21. The van der Waals surface area contributed by atoms with Gasteiger partial charge in [-0.05, 0) is 82.0 Å². The van der Waals surface area contributed by atoms with Gasteiger partial charge in [0.1, 0.15) is 0 Å². The molecule has 3 heterocycles. The number of hydrogen-bond acceptors (Lipinski definition) is 5. The molecule has 0 radical (unpaired) electrons. The van der Waals surface area contributed by atoms with E-state index in [4.69, 9.17) is 0 Å². The van der Waals surface area contributed by atoms with Crippen LogP contribution in [0, 0.1) is 6.92 Å². The third kappa shape index (κ3) is 7.54. The zero-order valence-electron chi connectivity index (χ0n) is 25.0. The maximum absolute atomic E-state index is 12.2. The first-order chi connectivity index (χ1) is 18.8. The summed E-state index contributed by atoms with van der Waals surface area (Å²) in [7, 11) is 5.48. The van der Waals surface area contributed by atoms with Gasteiger partial charge in [-0.25, -0.2) is 0 Å². The molecule has 6 heteroatoms. The van der Waals surface area contributed by atoms with E-state index in [1.807, 2.05) is 45.4 Å². The zero-order chi connectivity index (χ0) is 28.5. The van der Waals surface area contributed by atoms with Crippen molar-refractivity contribution in [2.75, 3.05) is 39.5 Å². The Kier molecular flexibility index (Phi) is 10.8. The molecule has 1 aromatic carbocycles. The molecule has 2 aromatic heterocycles. The monoisotopic (exact) mass is 527 g/mol. The molecule has 0 aliphatic carbocycles. The van der Waals surface area contributed by atoms with E-state index in [0.29, 0.717) is 12.0 Å². The van der Waals surface area contributed by atoms with Crippen molar-refractivity contribution in [1.29, 1.82) is 0 Å². The smallest absolute Gasteiger partial charge is 0.253 e. The Labute approximate surface area is 235 Å². The number of piperidine rings is 1. The maximum Gasteiger partial charge on any atom is 0.253 e. The van der Waals surface area contributed by atoms with Gasteiger partial charge < -0.3 is 10.2 Å². The molecule has 1 amide bonds. The Hall–Kier alpha value is -3.51.